The van der Waals surface area contributed by atoms with Gasteiger partial charge in [-0.25, -0.2) is 0 Å². The lowest BCUT2D eigenvalue weighted by molar-refractivity contribution is 0.195. The third-order valence-corrected chi connectivity index (χ3v) is 4.25. The molecular weight excluding hydrogens is 336 g/mol. The van der Waals surface area contributed by atoms with E-state index in [9.17, 15) is 0 Å². The minimum Gasteiger partial charge on any atom is -0.489 e. The Balaban J connectivity index is 1.69. The van der Waals surface area contributed by atoms with Crippen LogP contribution in [-0.2, 0) is 24.4 Å². The summed E-state index contributed by atoms with van der Waals surface area (Å²) in [6.45, 7) is 1.83. The van der Waals surface area contributed by atoms with Crippen LogP contribution in [-0.4, -0.2) is 13.7 Å². The minimum absolute atomic E-state index is 0.542. The summed E-state index contributed by atoms with van der Waals surface area (Å²) in [5, 5.41) is 0. The molecule has 3 heteroatoms. The standard InChI is InChI=1S/C24H26O3/c1-25-14-8-13-22-15-23(26-18-20-9-4-2-5-10-20)17-24(16-22)27-19-21-11-6-3-7-12-21/h2-7,9-12,15-17H,8,13-14,18-19H2,1H3. The monoisotopic (exact) mass is 362 g/mol. The summed E-state index contributed by atoms with van der Waals surface area (Å²) in [7, 11) is 1.73. The molecule has 3 nitrogen and oxygen atoms in total. The van der Waals surface area contributed by atoms with Crippen LogP contribution >= 0.6 is 0 Å². The molecule has 27 heavy (non-hydrogen) atoms. The van der Waals surface area contributed by atoms with Gasteiger partial charge >= 0.3 is 0 Å². The molecule has 0 aliphatic heterocycles. The van der Waals surface area contributed by atoms with Crippen LogP contribution in [0.25, 0.3) is 0 Å². The lowest BCUT2D eigenvalue weighted by atomic mass is 10.1. The maximum absolute atomic E-state index is 6.02. The Morgan fingerprint density at radius 2 is 1.15 bits per heavy atom. The predicted octanol–water partition coefficient (Wildman–Crippen LogP) is 5.42. The van der Waals surface area contributed by atoms with Gasteiger partial charge in [0.2, 0.25) is 0 Å². The zero-order valence-corrected chi connectivity index (χ0v) is 15.8. The summed E-state index contributed by atoms with van der Waals surface area (Å²) in [6, 6.07) is 26.5. The Hall–Kier alpha value is -2.78. The molecule has 0 heterocycles. The molecule has 3 aromatic rings. The number of rotatable bonds is 10. The molecule has 0 radical (unpaired) electrons. The number of hydrogen-bond acceptors (Lipinski definition) is 3. The van der Waals surface area contributed by atoms with Gasteiger partial charge in [-0.2, -0.15) is 0 Å². The molecule has 0 aliphatic rings. The van der Waals surface area contributed by atoms with Crippen LogP contribution in [0.3, 0.4) is 0 Å². The van der Waals surface area contributed by atoms with Crippen LogP contribution in [0.2, 0.25) is 0 Å². The lowest BCUT2D eigenvalue weighted by Crippen LogP contribution is -2.00. The van der Waals surface area contributed by atoms with E-state index in [1.807, 2.05) is 42.5 Å². The van der Waals surface area contributed by atoms with E-state index >= 15 is 0 Å². The first kappa shape index (κ1) is 19.0. The van der Waals surface area contributed by atoms with E-state index in [0.717, 1.165) is 42.1 Å². The van der Waals surface area contributed by atoms with Gasteiger partial charge in [0.05, 0.1) is 0 Å². The first-order valence-corrected chi connectivity index (χ1v) is 9.30. The van der Waals surface area contributed by atoms with Crippen LogP contribution in [0.15, 0.2) is 78.9 Å². The number of methoxy groups -OCH3 is 1. The Morgan fingerprint density at radius 3 is 1.63 bits per heavy atom. The molecule has 0 spiro atoms. The van der Waals surface area contributed by atoms with Crippen LogP contribution in [0, 0.1) is 0 Å². The molecule has 0 fully saturated rings. The highest BCUT2D eigenvalue weighted by Gasteiger charge is 2.05. The van der Waals surface area contributed by atoms with Crippen molar-refractivity contribution >= 4 is 0 Å². The molecule has 3 rings (SSSR count). The summed E-state index contributed by atoms with van der Waals surface area (Å²) < 4.78 is 17.2. The molecule has 0 aliphatic carbocycles. The highest BCUT2D eigenvalue weighted by Crippen LogP contribution is 2.25. The van der Waals surface area contributed by atoms with E-state index < -0.39 is 0 Å². The van der Waals surface area contributed by atoms with Gasteiger partial charge < -0.3 is 14.2 Å². The van der Waals surface area contributed by atoms with Crippen molar-refractivity contribution in [1.29, 1.82) is 0 Å². The molecule has 3 aromatic carbocycles. The van der Waals surface area contributed by atoms with Crippen LogP contribution in [0.4, 0.5) is 0 Å². The molecule has 0 bridgehead atoms. The van der Waals surface area contributed by atoms with E-state index in [2.05, 4.69) is 36.4 Å². The van der Waals surface area contributed by atoms with Gasteiger partial charge in [-0.1, -0.05) is 60.7 Å². The zero-order chi connectivity index (χ0) is 18.7. The molecule has 0 saturated carbocycles. The van der Waals surface area contributed by atoms with Crippen molar-refractivity contribution in [3.8, 4) is 11.5 Å². The van der Waals surface area contributed by atoms with Crippen molar-refractivity contribution in [3.05, 3.63) is 95.6 Å². The largest absolute Gasteiger partial charge is 0.489 e. The van der Waals surface area contributed by atoms with Crippen molar-refractivity contribution < 1.29 is 14.2 Å². The number of ether oxygens (including phenoxy) is 3. The first-order valence-electron chi connectivity index (χ1n) is 9.30. The summed E-state index contributed by atoms with van der Waals surface area (Å²) in [4.78, 5) is 0. The average Bonchev–Trinajstić information content (AvgIpc) is 2.72. The number of hydrogen-bond donors (Lipinski definition) is 0. The van der Waals surface area contributed by atoms with Crippen molar-refractivity contribution in [3.63, 3.8) is 0 Å². The van der Waals surface area contributed by atoms with E-state index in [1.165, 1.54) is 5.56 Å². The molecule has 0 atom stereocenters. The van der Waals surface area contributed by atoms with E-state index in [-0.39, 0.29) is 0 Å². The molecule has 0 unspecified atom stereocenters. The SMILES string of the molecule is COCCCc1cc(OCc2ccccc2)cc(OCc2ccccc2)c1. The topological polar surface area (TPSA) is 27.7 Å². The third-order valence-electron chi connectivity index (χ3n) is 4.25. The number of benzene rings is 3. The second kappa shape index (κ2) is 10.4. The Labute approximate surface area is 161 Å². The second-order valence-electron chi connectivity index (χ2n) is 6.46. The quantitative estimate of drug-likeness (QED) is 0.451. The molecule has 0 saturated heterocycles. The average molecular weight is 362 g/mol. The maximum atomic E-state index is 6.02. The highest BCUT2D eigenvalue weighted by molar-refractivity contribution is 5.39. The number of aryl methyl sites for hydroxylation is 1. The fourth-order valence-electron chi connectivity index (χ4n) is 2.84. The first-order chi connectivity index (χ1) is 13.3. The van der Waals surface area contributed by atoms with E-state index in [4.69, 9.17) is 14.2 Å². The second-order valence-corrected chi connectivity index (χ2v) is 6.46. The van der Waals surface area contributed by atoms with Gasteiger partial charge in [-0.3, -0.25) is 0 Å². The van der Waals surface area contributed by atoms with E-state index in [0.29, 0.717) is 13.2 Å². The molecule has 0 N–H and O–H groups in total. The molecule has 140 valence electrons. The van der Waals surface area contributed by atoms with Gasteiger partial charge in [0.25, 0.3) is 0 Å². The van der Waals surface area contributed by atoms with Crippen molar-refractivity contribution in [2.45, 2.75) is 26.1 Å². The van der Waals surface area contributed by atoms with E-state index in [1.54, 1.807) is 7.11 Å². The van der Waals surface area contributed by atoms with Crippen LogP contribution < -0.4 is 9.47 Å². The predicted molar refractivity (Wildman–Crippen MR) is 108 cm³/mol. The van der Waals surface area contributed by atoms with Gasteiger partial charge in [0.15, 0.2) is 0 Å². The van der Waals surface area contributed by atoms with Crippen molar-refractivity contribution in [2.75, 3.05) is 13.7 Å². The maximum Gasteiger partial charge on any atom is 0.123 e. The van der Waals surface area contributed by atoms with Crippen LogP contribution in [0.1, 0.15) is 23.1 Å². The Morgan fingerprint density at radius 1 is 0.630 bits per heavy atom. The Bertz CT molecular complexity index is 739. The normalized spacial score (nSPS) is 10.6. The summed E-state index contributed by atoms with van der Waals surface area (Å²) in [5.41, 5.74) is 3.49. The fraction of sp³-hybridized carbons (Fsp3) is 0.250. The minimum atomic E-state index is 0.542. The molecule has 0 aromatic heterocycles. The van der Waals surface area contributed by atoms with Crippen molar-refractivity contribution in [1.82, 2.24) is 0 Å². The highest BCUT2D eigenvalue weighted by atomic mass is 16.5. The van der Waals surface area contributed by atoms with Crippen molar-refractivity contribution in [2.24, 2.45) is 0 Å². The lowest BCUT2D eigenvalue weighted by Gasteiger charge is -2.13. The summed E-state index contributed by atoms with van der Waals surface area (Å²) in [5.74, 6) is 1.66. The fourth-order valence-corrected chi connectivity index (χ4v) is 2.84. The summed E-state index contributed by atoms with van der Waals surface area (Å²) in [6.07, 6.45) is 1.90. The molecule has 0 amide bonds. The van der Waals surface area contributed by atoms with Crippen LogP contribution in [0.5, 0.6) is 11.5 Å². The Kier molecular flexibility index (Phi) is 7.31. The third kappa shape index (κ3) is 6.46. The zero-order valence-electron chi connectivity index (χ0n) is 15.8. The molecular formula is C24H26O3. The van der Waals surface area contributed by atoms with Gasteiger partial charge in [-0.05, 0) is 41.7 Å². The van der Waals surface area contributed by atoms with Gasteiger partial charge in [-0.15, -0.1) is 0 Å². The summed E-state index contributed by atoms with van der Waals surface area (Å²) >= 11 is 0. The van der Waals surface area contributed by atoms with Gasteiger partial charge in [0, 0.05) is 19.8 Å². The van der Waals surface area contributed by atoms with Gasteiger partial charge in [0.1, 0.15) is 24.7 Å². The smallest absolute Gasteiger partial charge is 0.123 e.